The Labute approximate surface area is 69.0 Å². The van der Waals surface area contributed by atoms with Crippen LogP contribution in [0.15, 0.2) is 0 Å². The Bertz CT molecular complexity index is 123. The number of cyclic esters (lactones) is 2. The molecule has 1 aliphatic rings. The Morgan fingerprint density at radius 2 is 2.09 bits per heavy atom. The molecule has 1 atom stereocenters. The van der Waals surface area contributed by atoms with E-state index in [1.165, 1.54) is 0 Å². The van der Waals surface area contributed by atoms with Gasteiger partial charge in [-0.1, -0.05) is 11.2 Å². The van der Waals surface area contributed by atoms with E-state index in [-0.39, 0.29) is 6.10 Å². The van der Waals surface area contributed by atoms with Gasteiger partial charge in [0.15, 0.2) is 0 Å². The standard InChI is InChI=1S/C4H6O3.C2H6OS/c1-3-2-6-4(5)7-3;1-4(2)3/h3H,2H2,1H3;1-2H3. The number of ether oxygens (including phenoxy) is 2. The maximum atomic E-state index is 10.0. The Balaban J connectivity index is 0.000000218. The second kappa shape index (κ2) is 5.26. The quantitative estimate of drug-likeness (QED) is 0.403. The Morgan fingerprint density at radius 3 is 2.18 bits per heavy atom. The zero-order chi connectivity index (χ0) is 8.85. The van der Waals surface area contributed by atoms with Crippen LogP contribution in [0.4, 0.5) is 4.79 Å². The average Bonchev–Trinajstić information content (AvgIpc) is 2.13. The minimum absolute atomic E-state index is 0.0486. The topological polar surface area (TPSA) is 58.6 Å². The van der Waals surface area contributed by atoms with Crippen molar-refractivity contribution in [3.63, 3.8) is 0 Å². The van der Waals surface area contributed by atoms with Gasteiger partial charge in [-0.05, 0) is 6.92 Å². The first-order valence-corrected chi connectivity index (χ1v) is 5.07. The van der Waals surface area contributed by atoms with Crippen LogP contribution in [0.5, 0.6) is 0 Å². The molecular weight excluding hydrogens is 168 g/mol. The number of hydrogen-bond donors (Lipinski definition) is 0. The van der Waals surface area contributed by atoms with E-state index in [0.29, 0.717) is 6.61 Å². The van der Waals surface area contributed by atoms with Gasteiger partial charge in [-0.15, -0.1) is 0 Å². The van der Waals surface area contributed by atoms with Crippen molar-refractivity contribution in [2.45, 2.75) is 13.0 Å². The van der Waals surface area contributed by atoms with E-state index in [0.717, 1.165) is 0 Å². The highest BCUT2D eigenvalue weighted by Gasteiger charge is 2.19. The van der Waals surface area contributed by atoms with Crippen molar-refractivity contribution < 1.29 is 18.8 Å². The van der Waals surface area contributed by atoms with Crippen LogP contribution in [-0.2, 0) is 20.6 Å². The molecule has 1 unspecified atom stereocenters. The first-order chi connectivity index (χ1) is 5.02. The summed E-state index contributed by atoms with van der Waals surface area (Å²) in [5.41, 5.74) is 0. The van der Waals surface area contributed by atoms with E-state index in [1.54, 1.807) is 19.4 Å². The first kappa shape index (κ1) is 10.6. The monoisotopic (exact) mass is 180 g/mol. The molecular formula is C6H12O4S. The lowest BCUT2D eigenvalue weighted by atomic mass is 10.5. The zero-order valence-electron chi connectivity index (χ0n) is 6.83. The number of hydrogen-bond acceptors (Lipinski definition) is 4. The molecule has 11 heavy (non-hydrogen) atoms. The van der Waals surface area contributed by atoms with Crippen LogP contribution in [0, 0.1) is 0 Å². The molecule has 0 aromatic carbocycles. The lowest BCUT2D eigenvalue weighted by Gasteiger charge is -1.90. The predicted molar refractivity (Wildman–Crippen MR) is 41.9 cm³/mol. The molecule has 0 aliphatic carbocycles. The zero-order valence-corrected chi connectivity index (χ0v) is 7.64. The molecule has 0 aromatic heterocycles. The Morgan fingerprint density at radius 1 is 1.64 bits per heavy atom. The molecule has 4 nitrogen and oxygen atoms in total. The number of carbonyl (C=O) groups excluding carboxylic acids is 1. The summed E-state index contributed by atoms with van der Waals surface area (Å²) in [5.74, 6) is 0. The largest absolute Gasteiger partial charge is 0.617 e. The first-order valence-electron chi connectivity index (χ1n) is 3.11. The van der Waals surface area contributed by atoms with Gasteiger partial charge in [-0.2, -0.15) is 0 Å². The smallest absolute Gasteiger partial charge is 0.508 e. The van der Waals surface area contributed by atoms with E-state index in [9.17, 15) is 9.35 Å². The highest BCUT2D eigenvalue weighted by atomic mass is 32.2. The lowest BCUT2D eigenvalue weighted by molar-refractivity contribution is 0.121. The molecule has 0 bridgehead atoms. The fourth-order valence-electron chi connectivity index (χ4n) is 0.418. The van der Waals surface area contributed by atoms with Crippen molar-refractivity contribution in [2.75, 3.05) is 19.1 Å². The van der Waals surface area contributed by atoms with E-state index < -0.39 is 17.3 Å². The van der Waals surface area contributed by atoms with Crippen molar-refractivity contribution in [3.8, 4) is 0 Å². The van der Waals surface area contributed by atoms with Gasteiger partial charge in [0.1, 0.15) is 12.7 Å². The molecule has 1 fully saturated rings. The van der Waals surface area contributed by atoms with E-state index in [2.05, 4.69) is 9.47 Å². The minimum Gasteiger partial charge on any atom is -0.617 e. The summed E-state index contributed by atoms with van der Waals surface area (Å²) in [5, 5.41) is 0. The second-order valence-electron chi connectivity index (χ2n) is 2.23. The molecule has 0 saturated carbocycles. The van der Waals surface area contributed by atoms with E-state index in [1.807, 2.05) is 0 Å². The van der Waals surface area contributed by atoms with Crippen molar-refractivity contribution in [2.24, 2.45) is 0 Å². The average molecular weight is 180 g/mol. The Hall–Kier alpha value is -0.420. The molecule has 0 amide bonds. The molecule has 5 heteroatoms. The summed E-state index contributed by atoms with van der Waals surface area (Å²) in [4.78, 5) is 10.0. The van der Waals surface area contributed by atoms with E-state index in [4.69, 9.17) is 0 Å². The molecule has 1 rings (SSSR count). The summed E-state index contributed by atoms with van der Waals surface area (Å²) in [6.45, 7) is 2.18. The maximum absolute atomic E-state index is 10.0. The summed E-state index contributed by atoms with van der Waals surface area (Å²) < 4.78 is 18.5. The fraction of sp³-hybridized carbons (Fsp3) is 0.833. The van der Waals surface area contributed by atoms with Crippen molar-refractivity contribution in [1.82, 2.24) is 0 Å². The fourth-order valence-corrected chi connectivity index (χ4v) is 0.418. The van der Waals surface area contributed by atoms with Gasteiger partial charge in [0.25, 0.3) is 0 Å². The molecule has 1 aliphatic heterocycles. The van der Waals surface area contributed by atoms with Crippen LogP contribution in [0.3, 0.4) is 0 Å². The van der Waals surface area contributed by atoms with Crippen LogP contribution < -0.4 is 0 Å². The Kier molecular flexibility index (Phi) is 5.06. The van der Waals surface area contributed by atoms with Gasteiger partial charge in [0, 0.05) is 0 Å². The van der Waals surface area contributed by atoms with Gasteiger partial charge in [-0.25, -0.2) is 4.79 Å². The molecule has 1 saturated heterocycles. The summed E-state index contributed by atoms with van der Waals surface area (Å²) in [6.07, 6.45) is 2.68. The normalized spacial score (nSPS) is 21.9. The summed E-state index contributed by atoms with van der Waals surface area (Å²) >= 11 is -0.611. The number of rotatable bonds is 0. The van der Waals surface area contributed by atoms with Gasteiger partial charge < -0.3 is 14.0 Å². The van der Waals surface area contributed by atoms with Crippen molar-refractivity contribution >= 4 is 17.3 Å². The molecule has 0 N–H and O–H groups in total. The third kappa shape index (κ3) is 7.48. The maximum Gasteiger partial charge on any atom is 0.508 e. The summed E-state index contributed by atoms with van der Waals surface area (Å²) in [7, 11) is 0. The van der Waals surface area contributed by atoms with Crippen LogP contribution in [-0.4, -0.2) is 35.9 Å². The SMILES string of the molecule is CC1COC(=O)O1.C[S+](C)[O-]. The van der Waals surface area contributed by atoms with Crippen molar-refractivity contribution in [1.29, 1.82) is 0 Å². The second-order valence-corrected chi connectivity index (χ2v) is 3.71. The number of carbonyl (C=O) groups is 1. The summed E-state index contributed by atoms with van der Waals surface area (Å²) in [6, 6.07) is 0. The third-order valence-electron chi connectivity index (χ3n) is 0.733. The minimum atomic E-state index is -0.611. The molecule has 1 heterocycles. The molecule has 0 radical (unpaired) electrons. The molecule has 0 aromatic rings. The van der Waals surface area contributed by atoms with Gasteiger partial charge in [0.05, 0.1) is 12.5 Å². The predicted octanol–water partition coefficient (Wildman–Crippen LogP) is 0.536. The molecule has 0 spiro atoms. The van der Waals surface area contributed by atoms with Crippen LogP contribution in [0.25, 0.3) is 0 Å². The van der Waals surface area contributed by atoms with Gasteiger partial charge in [-0.3, -0.25) is 0 Å². The molecule has 66 valence electrons. The van der Waals surface area contributed by atoms with E-state index >= 15 is 0 Å². The highest BCUT2D eigenvalue weighted by molar-refractivity contribution is 7.89. The lowest BCUT2D eigenvalue weighted by Crippen LogP contribution is -2.01. The van der Waals surface area contributed by atoms with Crippen LogP contribution in [0.2, 0.25) is 0 Å². The van der Waals surface area contributed by atoms with Crippen LogP contribution in [0.1, 0.15) is 6.92 Å². The third-order valence-corrected chi connectivity index (χ3v) is 0.733. The van der Waals surface area contributed by atoms with Gasteiger partial charge >= 0.3 is 6.16 Å². The van der Waals surface area contributed by atoms with Crippen molar-refractivity contribution in [3.05, 3.63) is 0 Å². The highest BCUT2D eigenvalue weighted by Crippen LogP contribution is 2.02. The van der Waals surface area contributed by atoms with Gasteiger partial charge in [0.2, 0.25) is 0 Å². The van der Waals surface area contributed by atoms with Crippen LogP contribution >= 0.6 is 0 Å².